The van der Waals surface area contributed by atoms with Gasteiger partial charge in [0.2, 0.25) is 0 Å². The molecule has 1 heterocycles. The normalized spacial score (nSPS) is 21.8. The van der Waals surface area contributed by atoms with Crippen molar-refractivity contribution in [2.75, 3.05) is 19.7 Å². The van der Waals surface area contributed by atoms with Crippen LogP contribution in [-0.4, -0.2) is 36.1 Å². The Morgan fingerprint density at radius 1 is 1.31 bits per heavy atom. The maximum atomic E-state index is 11.8. The van der Waals surface area contributed by atoms with Crippen LogP contribution in [0.15, 0.2) is 0 Å². The molecule has 0 aromatic carbocycles. The third-order valence-electron chi connectivity index (χ3n) is 3.58. The van der Waals surface area contributed by atoms with E-state index in [4.69, 9.17) is 4.74 Å². The lowest BCUT2D eigenvalue weighted by Gasteiger charge is -2.43. The fraction of sp³-hybridized carbons (Fsp3) is 0.923. The van der Waals surface area contributed by atoms with Crippen LogP contribution in [0, 0.1) is 5.41 Å². The van der Waals surface area contributed by atoms with E-state index in [1.807, 2.05) is 13.8 Å². The van der Waals surface area contributed by atoms with Crippen molar-refractivity contribution in [1.29, 1.82) is 0 Å². The number of ether oxygens (including phenoxy) is 1. The molecule has 0 amide bonds. The second-order valence-corrected chi connectivity index (χ2v) is 5.94. The van der Waals surface area contributed by atoms with Gasteiger partial charge in [-0.15, -0.1) is 0 Å². The van der Waals surface area contributed by atoms with Gasteiger partial charge in [-0.2, -0.15) is 0 Å². The van der Waals surface area contributed by atoms with E-state index in [9.17, 15) is 4.79 Å². The minimum Gasteiger partial charge on any atom is -0.466 e. The highest BCUT2D eigenvalue weighted by Crippen LogP contribution is 2.34. The van der Waals surface area contributed by atoms with Gasteiger partial charge in [-0.25, -0.2) is 0 Å². The van der Waals surface area contributed by atoms with Gasteiger partial charge in [0.15, 0.2) is 0 Å². The molecule has 1 fully saturated rings. The lowest BCUT2D eigenvalue weighted by molar-refractivity contribution is -0.158. The molecule has 0 aliphatic carbocycles. The molecule has 0 aromatic rings. The van der Waals surface area contributed by atoms with Crippen LogP contribution in [0.4, 0.5) is 0 Å². The summed E-state index contributed by atoms with van der Waals surface area (Å²) in [6.45, 7) is 13.0. The number of likely N-dealkylation sites (tertiary alicyclic amines) is 1. The quantitative estimate of drug-likeness (QED) is 0.679. The number of hydrogen-bond acceptors (Lipinski definition) is 3. The summed E-state index contributed by atoms with van der Waals surface area (Å²) in [7, 11) is 0. The standard InChI is InChI=1S/C13H25NO2/c1-6-16-11(15)13(5)7-9-14(10-8-13)12(2,3)4/h6-10H2,1-5H3. The van der Waals surface area contributed by atoms with Gasteiger partial charge in [-0.1, -0.05) is 0 Å². The Morgan fingerprint density at radius 2 is 1.81 bits per heavy atom. The Kier molecular flexibility index (Phi) is 4.00. The fourth-order valence-electron chi connectivity index (χ4n) is 2.18. The first-order chi connectivity index (χ1) is 7.29. The van der Waals surface area contributed by atoms with Crippen LogP contribution in [0.5, 0.6) is 0 Å². The third-order valence-corrected chi connectivity index (χ3v) is 3.58. The smallest absolute Gasteiger partial charge is 0.311 e. The predicted molar refractivity (Wildman–Crippen MR) is 65.3 cm³/mol. The van der Waals surface area contributed by atoms with Crippen molar-refractivity contribution < 1.29 is 9.53 Å². The van der Waals surface area contributed by atoms with Gasteiger partial charge >= 0.3 is 5.97 Å². The van der Waals surface area contributed by atoms with Crippen molar-refractivity contribution in [2.45, 2.75) is 53.0 Å². The molecule has 0 N–H and O–H groups in total. The molecule has 0 saturated carbocycles. The average Bonchev–Trinajstić information content (AvgIpc) is 2.17. The van der Waals surface area contributed by atoms with Gasteiger partial charge in [0, 0.05) is 5.54 Å². The number of hydrogen-bond donors (Lipinski definition) is 0. The number of rotatable bonds is 2. The summed E-state index contributed by atoms with van der Waals surface area (Å²) >= 11 is 0. The van der Waals surface area contributed by atoms with E-state index in [-0.39, 0.29) is 16.9 Å². The van der Waals surface area contributed by atoms with E-state index in [1.165, 1.54) is 0 Å². The summed E-state index contributed by atoms with van der Waals surface area (Å²) in [4.78, 5) is 14.3. The Morgan fingerprint density at radius 3 is 2.19 bits per heavy atom. The molecule has 1 rings (SSSR count). The van der Waals surface area contributed by atoms with Gasteiger partial charge in [-0.3, -0.25) is 9.69 Å². The summed E-state index contributed by atoms with van der Waals surface area (Å²) in [5.74, 6) is -0.0245. The van der Waals surface area contributed by atoms with Crippen LogP contribution in [0.2, 0.25) is 0 Å². The number of nitrogens with zero attached hydrogens (tertiary/aromatic N) is 1. The molecule has 0 spiro atoms. The highest BCUT2D eigenvalue weighted by Gasteiger charge is 2.40. The molecule has 94 valence electrons. The number of carbonyl (C=O) groups excluding carboxylic acids is 1. The first-order valence-electron chi connectivity index (χ1n) is 6.22. The van der Waals surface area contributed by atoms with Crippen LogP contribution >= 0.6 is 0 Å². The summed E-state index contributed by atoms with van der Waals surface area (Å²) in [6.07, 6.45) is 1.81. The summed E-state index contributed by atoms with van der Waals surface area (Å²) in [5, 5.41) is 0. The van der Waals surface area contributed by atoms with E-state index in [2.05, 4.69) is 25.7 Å². The second-order valence-electron chi connectivity index (χ2n) is 5.94. The molecule has 1 saturated heterocycles. The number of carbonyl (C=O) groups is 1. The molecule has 0 radical (unpaired) electrons. The molecule has 0 aromatic heterocycles. The summed E-state index contributed by atoms with van der Waals surface area (Å²) in [6, 6.07) is 0. The van der Waals surface area contributed by atoms with Gasteiger partial charge in [-0.05, 0) is 60.5 Å². The molecular formula is C13H25NO2. The number of esters is 1. The maximum absolute atomic E-state index is 11.8. The van der Waals surface area contributed by atoms with Crippen LogP contribution in [0.3, 0.4) is 0 Å². The lowest BCUT2D eigenvalue weighted by atomic mass is 9.79. The van der Waals surface area contributed by atoms with Crippen molar-refractivity contribution in [2.24, 2.45) is 5.41 Å². The lowest BCUT2D eigenvalue weighted by Crippen LogP contribution is -2.50. The van der Waals surface area contributed by atoms with Crippen molar-refractivity contribution in [3.05, 3.63) is 0 Å². The van der Waals surface area contributed by atoms with E-state index in [0.717, 1.165) is 25.9 Å². The van der Waals surface area contributed by atoms with Crippen molar-refractivity contribution in [3.63, 3.8) is 0 Å². The molecular weight excluding hydrogens is 202 g/mol. The van der Waals surface area contributed by atoms with Crippen LogP contribution in [0.25, 0.3) is 0 Å². The first kappa shape index (κ1) is 13.5. The molecule has 0 atom stereocenters. The molecule has 1 aliphatic rings. The summed E-state index contributed by atoms with van der Waals surface area (Å²) < 4.78 is 5.15. The average molecular weight is 227 g/mol. The maximum Gasteiger partial charge on any atom is 0.311 e. The molecule has 0 bridgehead atoms. The fourth-order valence-corrected chi connectivity index (χ4v) is 2.18. The van der Waals surface area contributed by atoms with Crippen molar-refractivity contribution in [3.8, 4) is 0 Å². The van der Waals surface area contributed by atoms with Crippen LogP contribution < -0.4 is 0 Å². The van der Waals surface area contributed by atoms with Crippen molar-refractivity contribution in [1.82, 2.24) is 4.90 Å². The Balaban J connectivity index is 2.56. The van der Waals surface area contributed by atoms with E-state index in [1.54, 1.807) is 0 Å². The largest absolute Gasteiger partial charge is 0.466 e. The SMILES string of the molecule is CCOC(=O)C1(C)CCN(C(C)(C)C)CC1. The van der Waals surface area contributed by atoms with E-state index < -0.39 is 0 Å². The van der Waals surface area contributed by atoms with Gasteiger partial charge in [0.25, 0.3) is 0 Å². The highest BCUT2D eigenvalue weighted by atomic mass is 16.5. The second kappa shape index (κ2) is 4.74. The number of piperidine rings is 1. The molecule has 1 aliphatic heterocycles. The van der Waals surface area contributed by atoms with Crippen molar-refractivity contribution >= 4 is 5.97 Å². The summed E-state index contributed by atoms with van der Waals surface area (Å²) in [5.41, 5.74) is -0.0618. The zero-order valence-electron chi connectivity index (χ0n) is 11.3. The topological polar surface area (TPSA) is 29.5 Å². The molecule has 3 heteroatoms. The van der Waals surface area contributed by atoms with Gasteiger partial charge in [0.1, 0.15) is 0 Å². The van der Waals surface area contributed by atoms with E-state index in [0.29, 0.717) is 6.61 Å². The third kappa shape index (κ3) is 2.97. The molecule has 0 unspecified atom stereocenters. The zero-order chi connectivity index (χ0) is 12.4. The Bertz CT molecular complexity index is 247. The minimum absolute atomic E-state index is 0.0245. The monoisotopic (exact) mass is 227 g/mol. The Hall–Kier alpha value is -0.570. The van der Waals surface area contributed by atoms with Crippen LogP contribution in [0.1, 0.15) is 47.5 Å². The predicted octanol–water partition coefficient (Wildman–Crippen LogP) is 2.45. The molecule has 16 heavy (non-hydrogen) atoms. The van der Waals surface area contributed by atoms with Crippen LogP contribution in [-0.2, 0) is 9.53 Å². The first-order valence-corrected chi connectivity index (χ1v) is 6.22. The highest BCUT2D eigenvalue weighted by molar-refractivity contribution is 5.76. The Labute approximate surface area is 99.1 Å². The van der Waals surface area contributed by atoms with Gasteiger partial charge < -0.3 is 4.74 Å². The van der Waals surface area contributed by atoms with Gasteiger partial charge in [0.05, 0.1) is 12.0 Å². The minimum atomic E-state index is -0.266. The van der Waals surface area contributed by atoms with E-state index >= 15 is 0 Å². The molecule has 3 nitrogen and oxygen atoms in total. The zero-order valence-corrected chi connectivity index (χ0v) is 11.3.